The third-order valence-corrected chi connectivity index (χ3v) is 6.28. The van der Waals surface area contributed by atoms with Gasteiger partial charge in [-0.1, -0.05) is 6.92 Å². The van der Waals surface area contributed by atoms with Crippen LogP contribution in [0, 0.1) is 0 Å². The second-order valence-electron chi connectivity index (χ2n) is 4.75. The summed E-state index contributed by atoms with van der Waals surface area (Å²) >= 11 is 0. The molecule has 1 aliphatic rings. The second-order valence-corrected chi connectivity index (χ2v) is 7.49. The van der Waals surface area contributed by atoms with E-state index >= 15 is 0 Å². The average molecular weight is 306 g/mol. The first-order valence-corrected chi connectivity index (χ1v) is 9.79. The highest BCUT2D eigenvalue weighted by Gasteiger charge is 2.40. The van der Waals surface area contributed by atoms with Gasteiger partial charge in [0.1, 0.15) is 0 Å². The molecule has 1 saturated heterocycles. The Balaban J connectivity index is 2.19. The molecule has 2 unspecified atom stereocenters. The van der Waals surface area contributed by atoms with Gasteiger partial charge in [0.25, 0.3) is 0 Å². The van der Waals surface area contributed by atoms with Crippen LogP contribution in [0.2, 0.25) is 6.04 Å². The topological polar surface area (TPSA) is 49.5 Å². The van der Waals surface area contributed by atoms with Gasteiger partial charge in [-0.3, -0.25) is 0 Å². The molecule has 0 aromatic carbocycles. The first-order valence-electron chi connectivity index (χ1n) is 7.86. The highest BCUT2D eigenvalue weighted by atomic mass is 28.4. The summed E-state index contributed by atoms with van der Waals surface area (Å²) in [7, 11) is -2.53. The number of hydrogen-bond acceptors (Lipinski definition) is 5. The SMILES string of the molecule is CCO[Si](CCOCCC1OC1CC)(OCC)OCC. The Kier molecular flexibility index (Phi) is 8.91. The van der Waals surface area contributed by atoms with Crippen LogP contribution in [0.4, 0.5) is 0 Å². The Bertz CT molecular complexity index is 235. The summed E-state index contributed by atoms with van der Waals surface area (Å²) < 4.78 is 28.5. The van der Waals surface area contributed by atoms with E-state index in [9.17, 15) is 0 Å². The molecule has 0 saturated carbocycles. The van der Waals surface area contributed by atoms with Crippen molar-refractivity contribution in [2.75, 3.05) is 33.0 Å². The molecule has 0 N–H and O–H groups in total. The maximum Gasteiger partial charge on any atom is 0.503 e. The minimum atomic E-state index is -2.53. The maximum atomic E-state index is 5.77. The van der Waals surface area contributed by atoms with Crippen molar-refractivity contribution in [2.24, 2.45) is 0 Å². The van der Waals surface area contributed by atoms with Crippen LogP contribution >= 0.6 is 0 Å². The zero-order valence-electron chi connectivity index (χ0n) is 13.4. The van der Waals surface area contributed by atoms with Crippen LogP contribution < -0.4 is 0 Å². The van der Waals surface area contributed by atoms with Crippen LogP contribution in [0.3, 0.4) is 0 Å². The molecule has 0 radical (unpaired) electrons. The number of hydrogen-bond donors (Lipinski definition) is 0. The molecule has 0 spiro atoms. The van der Waals surface area contributed by atoms with Gasteiger partial charge in [-0.15, -0.1) is 0 Å². The van der Waals surface area contributed by atoms with Crippen LogP contribution in [0.1, 0.15) is 40.5 Å². The Hall–Kier alpha value is 0.0169. The van der Waals surface area contributed by atoms with Crippen molar-refractivity contribution in [2.45, 2.75) is 58.8 Å². The summed E-state index contributed by atoms with van der Waals surface area (Å²) in [5.41, 5.74) is 0. The van der Waals surface area contributed by atoms with E-state index in [1.807, 2.05) is 20.8 Å². The van der Waals surface area contributed by atoms with Gasteiger partial charge < -0.3 is 22.8 Å². The average Bonchev–Trinajstić information content (AvgIpc) is 3.18. The van der Waals surface area contributed by atoms with Gasteiger partial charge in [-0.2, -0.15) is 0 Å². The van der Waals surface area contributed by atoms with Crippen molar-refractivity contribution >= 4 is 8.80 Å². The monoisotopic (exact) mass is 306 g/mol. The summed E-state index contributed by atoms with van der Waals surface area (Å²) in [6.45, 7) is 11.2. The molecule has 1 rings (SSSR count). The first kappa shape index (κ1) is 18.1. The van der Waals surface area contributed by atoms with Gasteiger partial charge in [0.2, 0.25) is 0 Å². The van der Waals surface area contributed by atoms with Crippen LogP contribution in [-0.4, -0.2) is 54.0 Å². The fraction of sp³-hybridized carbons (Fsp3) is 1.00. The second kappa shape index (κ2) is 9.86. The minimum Gasteiger partial charge on any atom is -0.381 e. The van der Waals surface area contributed by atoms with Crippen LogP contribution in [0.15, 0.2) is 0 Å². The fourth-order valence-corrected chi connectivity index (χ4v) is 4.69. The minimum absolute atomic E-state index is 0.410. The van der Waals surface area contributed by atoms with E-state index in [0.29, 0.717) is 44.7 Å². The zero-order valence-corrected chi connectivity index (χ0v) is 14.4. The van der Waals surface area contributed by atoms with Gasteiger partial charge in [0.05, 0.1) is 18.8 Å². The van der Waals surface area contributed by atoms with Crippen molar-refractivity contribution in [1.29, 1.82) is 0 Å². The molecule has 20 heavy (non-hydrogen) atoms. The number of rotatable bonds is 13. The molecule has 0 amide bonds. The van der Waals surface area contributed by atoms with Crippen LogP contribution in [0.25, 0.3) is 0 Å². The Morgan fingerprint density at radius 2 is 1.45 bits per heavy atom. The van der Waals surface area contributed by atoms with Crippen LogP contribution in [0.5, 0.6) is 0 Å². The molecular weight excluding hydrogens is 276 g/mol. The lowest BCUT2D eigenvalue weighted by Gasteiger charge is -2.28. The fourth-order valence-electron chi connectivity index (χ4n) is 2.29. The highest BCUT2D eigenvalue weighted by Crippen LogP contribution is 2.27. The van der Waals surface area contributed by atoms with Gasteiger partial charge in [-0.25, -0.2) is 0 Å². The summed E-state index contributed by atoms with van der Waals surface area (Å²) in [6, 6.07) is 0.714. The highest BCUT2D eigenvalue weighted by molar-refractivity contribution is 6.60. The lowest BCUT2D eigenvalue weighted by molar-refractivity contribution is 0.0570. The molecule has 5 nitrogen and oxygen atoms in total. The summed E-state index contributed by atoms with van der Waals surface area (Å²) in [5.74, 6) is 0. The van der Waals surface area contributed by atoms with E-state index < -0.39 is 8.80 Å². The quantitative estimate of drug-likeness (QED) is 0.297. The van der Waals surface area contributed by atoms with E-state index in [0.717, 1.165) is 19.4 Å². The lowest BCUT2D eigenvalue weighted by Crippen LogP contribution is -2.46. The van der Waals surface area contributed by atoms with Crippen molar-refractivity contribution in [3.63, 3.8) is 0 Å². The summed E-state index contributed by atoms with van der Waals surface area (Å²) in [5, 5.41) is 0. The van der Waals surface area contributed by atoms with Crippen molar-refractivity contribution in [1.82, 2.24) is 0 Å². The zero-order chi connectivity index (χ0) is 14.8. The maximum absolute atomic E-state index is 5.77. The predicted molar refractivity (Wildman–Crippen MR) is 79.8 cm³/mol. The molecule has 1 fully saturated rings. The van der Waals surface area contributed by atoms with Gasteiger partial charge >= 0.3 is 8.80 Å². The third-order valence-electron chi connectivity index (χ3n) is 3.28. The van der Waals surface area contributed by atoms with Gasteiger partial charge in [0.15, 0.2) is 0 Å². The van der Waals surface area contributed by atoms with E-state index in [1.54, 1.807) is 0 Å². The molecule has 120 valence electrons. The van der Waals surface area contributed by atoms with Crippen molar-refractivity contribution in [3.05, 3.63) is 0 Å². The van der Waals surface area contributed by atoms with E-state index in [-0.39, 0.29) is 0 Å². The van der Waals surface area contributed by atoms with Gasteiger partial charge in [-0.05, 0) is 33.6 Å². The van der Waals surface area contributed by atoms with Crippen LogP contribution in [-0.2, 0) is 22.8 Å². The van der Waals surface area contributed by atoms with E-state index in [1.165, 1.54) is 0 Å². The first-order chi connectivity index (χ1) is 9.71. The van der Waals surface area contributed by atoms with Crippen molar-refractivity contribution < 1.29 is 22.8 Å². The molecule has 0 bridgehead atoms. The molecule has 0 aliphatic carbocycles. The third kappa shape index (κ3) is 6.20. The molecule has 1 heterocycles. The molecule has 6 heteroatoms. The molecule has 1 aliphatic heterocycles. The molecule has 0 aromatic heterocycles. The molecule has 0 aromatic rings. The van der Waals surface area contributed by atoms with E-state index in [4.69, 9.17) is 22.8 Å². The summed E-state index contributed by atoms with van der Waals surface area (Å²) in [4.78, 5) is 0. The Labute approximate surface area is 124 Å². The number of ether oxygens (including phenoxy) is 2. The number of epoxide rings is 1. The Morgan fingerprint density at radius 3 is 1.90 bits per heavy atom. The van der Waals surface area contributed by atoms with Crippen molar-refractivity contribution in [3.8, 4) is 0 Å². The largest absolute Gasteiger partial charge is 0.503 e. The molecular formula is C14H30O5Si. The standard InChI is InChI=1S/C14H30O5Si/c1-5-13-14(19-13)9-10-15-11-12-20(16-6-2,17-7-3)18-8-4/h13-14H,5-12H2,1-4H3. The summed E-state index contributed by atoms with van der Waals surface area (Å²) in [6.07, 6.45) is 2.94. The van der Waals surface area contributed by atoms with Gasteiger partial charge in [0, 0.05) is 32.5 Å². The smallest absolute Gasteiger partial charge is 0.381 e. The Morgan fingerprint density at radius 1 is 0.850 bits per heavy atom. The predicted octanol–water partition coefficient (Wildman–Crippen LogP) is 2.62. The molecule has 2 atom stereocenters. The van der Waals surface area contributed by atoms with E-state index in [2.05, 4.69) is 6.92 Å². The lowest BCUT2D eigenvalue weighted by atomic mass is 10.2. The normalized spacial score (nSPS) is 22.2.